The Morgan fingerprint density at radius 2 is 1.76 bits per heavy atom. The molecule has 2 amide bonds. The smallest absolute Gasteiger partial charge is 0.257 e. The van der Waals surface area contributed by atoms with Crippen LogP contribution in [0.15, 0.2) is 54.0 Å². The quantitative estimate of drug-likeness (QED) is 0.552. The highest BCUT2D eigenvalue weighted by molar-refractivity contribution is 7.13. The van der Waals surface area contributed by atoms with Crippen molar-refractivity contribution in [1.82, 2.24) is 9.88 Å². The van der Waals surface area contributed by atoms with Gasteiger partial charge in [0.1, 0.15) is 17.2 Å². The van der Waals surface area contributed by atoms with Gasteiger partial charge in [-0.1, -0.05) is 0 Å². The molecule has 33 heavy (non-hydrogen) atoms. The number of hydrogen-bond donors (Lipinski definition) is 1. The van der Waals surface area contributed by atoms with Crippen LogP contribution in [0.25, 0.3) is 0 Å². The molecule has 172 valence electrons. The van der Waals surface area contributed by atoms with E-state index in [2.05, 4.69) is 10.3 Å². The molecule has 8 nitrogen and oxygen atoms in total. The average Bonchev–Trinajstić information content (AvgIpc) is 3.32. The maximum Gasteiger partial charge on any atom is 0.257 e. The molecule has 9 heteroatoms. The first-order valence-electron chi connectivity index (χ1n) is 10.7. The lowest BCUT2D eigenvalue weighted by Crippen LogP contribution is -2.40. The molecule has 3 aromatic rings. The van der Waals surface area contributed by atoms with E-state index < -0.39 is 0 Å². The van der Waals surface area contributed by atoms with Crippen molar-refractivity contribution in [2.24, 2.45) is 0 Å². The predicted molar refractivity (Wildman–Crippen MR) is 126 cm³/mol. The molecule has 1 fully saturated rings. The molecule has 1 aliphatic rings. The Hall–Kier alpha value is -3.43. The molecule has 2 aromatic carbocycles. The van der Waals surface area contributed by atoms with Gasteiger partial charge in [-0.15, -0.1) is 11.3 Å². The maximum absolute atomic E-state index is 12.7. The van der Waals surface area contributed by atoms with E-state index in [0.29, 0.717) is 59.8 Å². The number of nitrogens with one attached hydrogen (secondary N) is 1. The third kappa shape index (κ3) is 6.09. The summed E-state index contributed by atoms with van der Waals surface area (Å²) < 4.78 is 17.1. The van der Waals surface area contributed by atoms with Gasteiger partial charge >= 0.3 is 0 Å². The van der Waals surface area contributed by atoms with Gasteiger partial charge in [0.25, 0.3) is 11.8 Å². The molecule has 1 aliphatic heterocycles. The van der Waals surface area contributed by atoms with Crippen LogP contribution in [0.1, 0.15) is 34.6 Å². The third-order valence-electron chi connectivity index (χ3n) is 4.80. The topological polar surface area (TPSA) is 90.0 Å². The predicted octanol–water partition coefficient (Wildman–Crippen LogP) is 4.45. The van der Waals surface area contributed by atoms with Gasteiger partial charge in [-0.05, 0) is 50.2 Å². The average molecular weight is 468 g/mol. The zero-order valence-electron chi connectivity index (χ0n) is 18.4. The number of aromatic nitrogens is 1. The lowest BCUT2D eigenvalue weighted by atomic mass is 10.1. The number of rotatable bonds is 7. The molecule has 0 saturated carbocycles. The summed E-state index contributed by atoms with van der Waals surface area (Å²) in [4.78, 5) is 31.2. The molecule has 0 bridgehead atoms. The number of benzene rings is 2. The van der Waals surface area contributed by atoms with Gasteiger partial charge < -0.3 is 19.1 Å². The fourth-order valence-corrected chi connectivity index (χ4v) is 3.83. The van der Waals surface area contributed by atoms with Crippen molar-refractivity contribution >= 4 is 28.3 Å². The number of hydrogen-bond acceptors (Lipinski definition) is 7. The fourth-order valence-electron chi connectivity index (χ4n) is 3.31. The van der Waals surface area contributed by atoms with Gasteiger partial charge in [0.2, 0.25) is 0 Å². The highest BCUT2D eigenvalue weighted by Crippen LogP contribution is 2.29. The molecule has 0 spiro atoms. The van der Waals surface area contributed by atoms with Crippen LogP contribution in [0.5, 0.6) is 17.2 Å². The molecule has 1 N–H and O–H groups in total. The number of anilines is 1. The van der Waals surface area contributed by atoms with E-state index in [1.807, 2.05) is 13.8 Å². The Labute approximate surface area is 196 Å². The molecule has 2 heterocycles. The summed E-state index contributed by atoms with van der Waals surface area (Å²) in [7, 11) is 0. The summed E-state index contributed by atoms with van der Waals surface area (Å²) in [6.45, 7) is 6.11. The van der Waals surface area contributed by atoms with Gasteiger partial charge in [-0.2, -0.15) is 0 Å². The molecule has 0 aliphatic carbocycles. The molecular formula is C24H25N3O5S. The Kier molecular flexibility index (Phi) is 7.21. The molecule has 1 aromatic heterocycles. The Balaban J connectivity index is 1.51. The minimum absolute atomic E-state index is 0.0293. The van der Waals surface area contributed by atoms with Gasteiger partial charge in [0.05, 0.1) is 19.3 Å². The standard InChI is InChI=1S/C24H25N3O5S/c1-16(2)31-20-13-18(22(28)26-24-25-7-12-33-24)14-21(15-20)32-19-5-3-17(4-6-19)23(29)27-8-10-30-11-9-27/h3-7,12-16H,8-11H2,1-2H3,(H,25,26,28). The normalized spacial score (nSPS) is 13.6. The second kappa shape index (κ2) is 10.5. The number of ether oxygens (including phenoxy) is 3. The summed E-state index contributed by atoms with van der Waals surface area (Å²) in [5.41, 5.74) is 0.974. The molecular weight excluding hydrogens is 442 g/mol. The van der Waals surface area contributed by atoms with E-state index in [0.717, 1.165) is 0 Å². The summed E-state index contributed by atoms with van der Waals surface area (Å²) >= 11 is 1.34. The zero-order valence-corrected chi connectivity index (χ0v) is 19.3. The highest BCUT2D eigenvalue weighted by Gasteiger charge is 2.18. The van der Waals surface area contributed by atoms with E-state index in [9.17, 15) is 9.59 Å². The largest absolute Gasteiger partial charge is 0.491 e. The number of morpholine rings is 1. The van der Waals surface area contributed by atoms with Gasteiger partial charge in [0, 0.05) is 41.9 Å². The van der Waals surface area contributed by atoms with Crippen LogP contribution in [-0.4, -0.2) is 54.1 Å². The van der Waals surface area contributed by atoms with Crippen molar-refractivity contribution in [3.63, 3.8) is 0 Å². The van der Waals surface area contributed by atoms with Crippen LogP contribution in [0, 0.1) is 0 Å². The molecule has 1 saturated heterocycles. The molecule has 0 unspecified atom stereocenters. The van der Waals surface area contributed by atoms with Gasteiger partial charge in [-0.25, -0.2) is 4.98 Å². The Morgan fingerprint density at radius 1 is 1.03 bits per heavy atom. The minimum atomic E-state index is -0.310. The number of carbonyl (C=O) groups is 2. The maximum atomic E-state index is 12.7. The molecule has 4 rings (SSSR count). The second-order valence-electron chi connectivity index (χ2n) is 7.68. The van der Waals surface area contributed by atoms with Crippen molar-refractivity contribution in [3.05, 3.63) is 65.2 Å². The lowest BCUT2D eigenvalue weighted by Gasteiger charge is -2.26. The first-order valence-corrected chi connectivity index (χ1v) is 11.5. The van der Waals surface area contributed by atoms with E-state index in [4.69, 9.17) is 14.2 Å². The summed E-state index contributed by atoms with van der Waals surface area (Å²) in [6.07, 6.45) is 1.56. The van der Waals surface area contributed by atoms with E-state index in [-0.39, 0.29) is 17.9 Å². The number of thiazole rings is 1. The van der Waals surface area contributed by atoms with Crippen LogP contribution in [-0.2, 0) is 4.74 Å². The lowest BCUT2D eigenvalue weighted by molar-refractivity contribution is 0.0303. The number of amides is 2. The van der Waals surface area contributed by atoms with Crippen LogP contribution in [0.3, 0.4) is 0 Å². The van der Waals surface area contributed by atoms with Crippen molar-refractivity contribution in [2.45, 2.75) is 20.0 Å². The van der Waals surface area contributed by atoms with Crippen molar-refractivity contribution in [3.8, 4) is 17.2 Å². The van der Waals surface area contributed by atoms with Crippen LogP contribution < -0.4 is 14.8 Å². The first-order chi connectivity index (χ1) is 16.0. The number of nitrogens with zero attached hydrogens (tertiary/aromatic N) is 2. The minimum Gasteiger partial charge on any atom is -0.491 e. The molecule has 0 radical (unpaired) electrons. The van der Waals surface area contributed by atoms with E-state index in [1.165, 1.54) is 11.3 Å². The summed E-state index contributed by atoms with van der Waals surface area (Å²) in [6, 6.07) is 12.0. The van der Waals surface area contributed by atoms with Crippen LogP contribution in [0.4, 0.5) is 5.13 Å². The van der Waals surface area contributed by atoms with Crippen molar-refractivity contribution in [2.75, 3.05) is 31.6 Å². The summed E-state index contributed by atoms with van der Waals surface area (Å²) in [5.74, 6) is 1.17. The second-order valence-corrected chi connectivity index (χ2v) is 8.58. The number of carbonyl (C=O) groups excluding carboxylic acids is 2. The van der Waals surface area contributed by atoms with Gasteiger partial charge in [-0.3, -0.25) is 14.9 Å². The van der Waals surface area contributed by atoms with Crippen LogP contribution >= 0.6 is 11.3 Å². The SMILES string of the molecule is CC(C)Oc1cc(Oc2ccc(C(=O)N3CCOCC3)cc2)cc(C(=O)Nc2nccs2)c1. The Bertz CT molecular complexity index is 1090. The molecule has 0 atom stereocenters. The van der Waals surface area contributed by atoms with E-state index >= 15 is 0 Å². The summed E-state index contributed by atoms with van der Waals surface area (Å²) in [5, 5.41) is 5.07. The van der Waals surface area contributed by atoms with E-state index in [1.54, 1.807) is 58.9 Å². The van der Waals surface area contributed by atoms with Crippen LogP contribution in [0.2, 0.25) is 0 Å². The fraction of sp³-hybridized carbons (Fsp3) is 0.292. The van der Waals surface area contributed by atoms with Crippen molar-refractivity contribution < 1.29 is 23.8 Å². The van der Waals surface area contributed by atoms with Gasteiger partial charge in [0.15, 0.2) is 5.13 Å². The Morgan fingerprint density at radius 3 is 2.42 bits per heavy atom. The highest BCUT2D eigenvalue weighted by atomic mass is 32.1. The zero-order chi connectivity index (χ0) is 23.2. The first kappa shape index (κ1) is 22.8. The van der Waals surface area contributed by atoms with Crippen molar-refractivity contribution in [1.29, 1.82) is 0 Å². The monoisotopic (exact) mass is 467 g/mol. The third-order valence-corrected chi connectivity index (χ3v) is 5.49.